The van der Waals surface area contributed by atoms with Gasteiger partial charge in [0.15, 0.2) is 0 Å². The lowest BCUT2D eigenvalue weighted by molar-refractivity contribution is 0.0166. The molecule has 0 bridgehead atoms. The van der Waals surface area contributed by atoms with Crippen molar-refractivity contribution >= 4 is 22.6 Å². The molecule has 1 amide bonds. The van der Waals surface area contributed by atoms with Crippen molar-refractivity contribution in [3.05, 3.63) is 40.2 Å². The van der Waals surface area contributed by atoms with Crippen LogP contribution in [0.3, 0.4) is 0 Å². The molecule has 0 radical (unpaired) electrons. The summed E-state index contributed by atoms with van der Waals surface area (Å²) < 4.78 is 21.1. The minimum absolute atomic E-state index is 0.0366. The molecule has 28 heavy (non-hydrogen) atoms. The van der Waals surface area contributed by atoms with Crippen LogP contribution in [0.15, 0.2) is 33.5 Å². The first kappa shape index (κ1) is 21.8. The van der Waals surface area contributed by atoms with Crippen molar-refractivity contribution < 1.29 is 23.4 Å². The van der Waals surface area contributed by atoms with Crippen LogP contribution < -0.4 is 22.0 Å². The highest BCUT2D eigenvalue weighted by Crippen LogP contribution is 2.18. The number of nitrogens with one attached hydrogen (secondary N) is 2. The Morgan fingerprint density at radius 2 is 1.71 bits per heavy atom. The number of ether oxygens (including phenoxy) is 3. The number of benzene rings is 1. The highest BCUT2D eigenvalue weighted by Gasteiger charge is 2.13. The van der Waals surface area contributed by atoms with Crippen LogP contribution in [0.5, 0.6) is 0 Å². The van der Waals surface area contributed by atoms with E-state index in [0.717, 1.165) is 5.69 Å². The summed E-state index contributed by atoms with van der Waals surface area (Å²) in [6.45, 7) is 3.41. The molecule has 9 heteroatoms. The molecular weight excluding hydrogens is 366 g/mol. The molecule has 0 aliphatic heterocycles. The highest BCUT2D eigenvalue weighted by molar-refractivity contribution is 5.96. The van der Waals surface area contributed by atoms with Gasteiger partial charge in [-0.2, -0.15) is 0 Å². The summed E-state index contributed by atoms with van der Waals surface area (Å²) in [5, 5.41) is 6.28. The highest BCUT2D eigenvalue weighted by atomic mass is 16.5. The van der Waals surface area contributed by atoms with Crippen LogP contribution in [0, 0.1) is 0 Å². The molecule has 4 N–H and O–H groups in total. The Labute approximate surface area is 163 Å². The largest absolute Gasteiger partial charge is 0.422 e. The SMILES string of the molecule is CNc1ccc2cc(C(=O)NCCOCCOCCOCCN)c(=O)oc2c1. The Bertz CT molecular complexity index is 808. The maximum absolute atomic E-state index is 12.2. The van der Waals surface area contributed by atoms with Gasteiger partial charge in [0, 0.05) is 37.3 Å². The van der Waals surface area contributed by atoms with Crippen LogP contribution >= 0.6 is 0 Å². The van der Waals surface area contributed by atoms with E-state index in [1.807, 2.05) is 6.07 Å². The second-order valence-electron chi connectivity index (χ2n) is 5.83. The van der Waals surface area contributed by atoms with Gasteiger partial charge in [-0.25, -0.2) is 4.79 Å². The van der Waals surface area contributed by atoms with Gasteiger partial charge in [0.2, 0.25) is 0 Å². The molecule has 0 spiro atoms. The van der Waals surface area contributed by atoms with Crippen LogP contribution in [-0.4, -0.2) is 65.7 Å². The quantitative estimate of drug-likeness (QED) is 0.333. The van der Waals surface area contributed by atoms with Gasteiger partial charge >= 0.3 is 5.63 Å². The Hall–Kier alpha value is -2.46. The van der Waals surface area contributed by atoms with Crippen molar-refractivity contribution in [1.29, 1.82) is 0 Å². The van der Waals surface area contributed by atoms with Crippen LogP contribution in [0.1, 0.15) is 10.4 Å². The van der Waals surface area contributed by atoms with Gasteiger partial charge < -0.3 is 35.0 Å². The van der Waals surface area contributed by atoms with E-state index in [0.29, 0.717) is 57.2 Å². The first-order chi connectivity index (χ1) is 13.7. The molecule has 2 rings (SSSR count). The monoisotopic (exact) mass is 393 g/mol. The maximum atomic E-state index is 12.2. The van der Waals surface area contributed by atoms with Crippen molar-refractivity contribution in [2.24, 2.45) is 5.73 Å². The fraction of sp³-hybridized carbons (Fsp3) is 0.474. The molecule has 0 aliphatic rings. The van der Waals surface area contributed by atoms with E-state index in [-0.39, 0.29) is 12.1 Å². The van der Waals surface area contributed by atoms with Crippen molar-refractivity contribution in [3.63, 3.8) is 0 Å². The van der Waals surface area contributed by atoms with E-state index in [2.05, 4.69) is 10.6 Å². The lowest BCUT2D eigenvalue weighted by atomic mass is 10.1. The Kier molecular flexibility index (Phi) is 9.43. The zero-order chi connectivity index (χ0) is 20.2. The number of hydrogen-bond donors (Lipinski definition) is 3. The van der Waals surface area contributed by atoms with E-state index in [1.165, 1.54) is 6.07 Å². The standard InChI is InChI=1S/C19H27N3O6/c1-21-15-3-2-14-12-16(19(24)28-17(14)13-15)18(23)22-5-7-26-9-11-27-10-8-25-6-4-20/h2-3,12-13,21H,4-11,20H2,1H3,(H,22,23). The van der Waals surface area contributed by atoms with Gasteiger partial charge in [-0.3, -0.25) is 4.79 Å². The summed E-state index contributed by atoms with van der Waals surface area (Å²) in [4.78, 5) is 24.3. The number of nitrogens with two attached hydrogens (primary N) is 1. The Balaban J connectivity index is 1.69. The molecule has 0 saturated heterocycles. The topological polar surface area (TPSA) is 125 Å². The fourth-order valence-corrected chi connectivity index (χ4v) is 2.38. The van der Waals surface area contributed by atoms with Crippen molar-refractivity contribution in [2.45, 2.75) is 0 Å². The smallest absolute Gasteiger partial charge is 0.349 e. The third kappa shape index (κ3) is 6.93. The normalized spacial score (nSPS) is 10.9. The van der Waals surface area contributed by atoms with Gasteiger partial charge in [0.05, 0.1) is 39.6 Å². The minimum atomic E-state index is -0.676. The maximum Gasteiger partial charge on any atom is 0.349 e. The van der Waals surface area contributed by atoms with Crippen molar-refractivity contribution in [3.8, 4) is 0 Å². The van der Waals surface area contributed by atoms with Gasteiger partial charge in [-0.05, 0) is 18.2 Å². The van der Waals surface area contributed by atoms with Crippen LogP contribution in [0.25, 0.3) is 11.0 Å². The molecule has 1 aromatic heterocycles. The summed E-state index contributed by atoms with van der Waals surface area (Å²) in [6, 6.07) is 6.85. The summed E-state index contributed by atoms with van der Waals surface area (Å²) in [5.41, 5.74) is 5.82. The Morgan fingerprint density at radius 1 is 1.04 bits per heavy atom. The van der Waals surface area contributed by atoms with E-state index in [1.54, 1.807) is 19.2 Å². The van der Waals surface area contributed by atoms with E-state index in [9.17, 15) is 9.59 Å². The first-order valence-corrected chi connectivity index (χ1v) is 9.13. The van der Waals surface area contributed by atoms with Crippen molar-refractivity contribution in [1.82, 2.24) is 5.32 Å². The molecule has 1 aromatic carbocycles. The number of carbonyl (C=O) groups excluding carboxylic acids is 1. The predicted octanol–water partition coefficient (Wildman–Crippen LogP) is 0.573. The molecule has 154 valence electrons. The molecule has 0 unspecified atom stereocenters. The van der Waals surface area contributed by atoms with Crippen LogP contribution in [0.2, 0.25) is 0 Å². The molecule has 1 heterocycles. The zero-order valence-corrected chi connectivity index (χ0v) is 16.0. The summed E-state index contributed by atoms with van der Waals surface area (Å²) in [5.74, 6) is -0.495. The number of hydrogen-bond acceptors (Lipinski definition) is 8. The minimum Gasteiger partial charge on any atom is -0.422 e. The molecule has 2 aromatic rings. The number of carbonyl (C=O) groups is 1. The number of amides is 1. The van der Waals surface area contributed by atoms with Crippen LogP contribution in [-0.2, 0) is 14.2 Å². The average Bonchev–Trinajstić information content (AvgIpc) is 2.70. The van der Waals surface area contributed by atoms with E-state index < -0.39 is 11.5 Å². The third-order valence-corrected chi connectivity index (χ3v) is 3.81. The molecule has 0 atom stereocenters. The molecule has 9 nitrogen and oxygen atoms in total. The summed E-state index contributed by atoms with van der Waals surface area (Å²) in [6.07, 6.45) is 0. The molecule has 0 saturated carbocycles. The second-order valence-corrected chi connectivity index (χ2v) is 5.83. The lowest BCUT2D eigenvalue weighted by Gasteiger charge is -2.08. The lowest BCUT2D eigenvalue weighted by Crippen LogP contribution is -2.31. The van der Waals surface area contributed by atoms with Gasteiger partial charge in [0.1, 0.15) is 11.1 Å². The number of fused-ring (bicyclic) bond motifs is 1. The Morgan fingerprint density at radius 3 is 2.39 bits per heavy atom. The van der Waals surface area contributed by atoms with E-state index in [4.69, 9.17) is 24.4 Å². The molecular formula is C19H27N3O6. The number of rotatable bonds is 13. The predicted molar refractivity (Wildman–Crippen MR) is 106 cm³/mol. The van der Waals surface area contributed by atoms with Gasteiger partial charge in [-0.15, -0.1) is 0 Å². The van der Waals surface area contributed by atoms with Crippen molar-refractivity contribution in [2.75, 3.05) is 65.1 Å². The first-order valence-electron chi connectivity index (χ1n) is 9.13. The third-order valence-electron chi connectivity index (χ3n) is 3.81. The fourth-order valence-electron chi connectivity index (χ4n) is 2.38. The second kappa shape index (κ2) is 12.1. The van der Waals surface area contributed by atoms with Gasteiger partial charge in [-0.1, -0.05) is 0 Å². The van der Waals surface area contributed by atoms with Crippen LogP contribution in [0.4, 0.5) is 5.69 Å². The van der Waals surface area contributed by atoms with Gasteiger partial charge in [0.25, 0.3) is 5.91 Å². The zero-order valence-electron chi connectivity index (χ0n) is 16.0. The molecule has 0 fully saturated rings. The summed E-state index contributed by atoms with van der Waals surface area (Å²) in [7, 11) is 1.77. The summed E-state index contributed by atoms with van der Waals surface area (Å²) >= 11 is 0. The van der Waals surface area contributed by atoms with E-state index >= 15 is 0 Å². The number of anilines is 1. The average molecular weight is 393 g/mol. The molecule has 0 aliphatic carbocycles.